The predicted octanol–water partition coefficient (Wildman–Crippen LogP) is 0.632. The number of ether oxygens (including phenoxy) is 1. The lowest BCUT2D eigenvalue weighted by molar-refractivity contribution is -0.844. The molecule has 0 bridgehead atoms. The molecule has 0 aromatic carbocycles. The topological polar surface area (TPSA) is 30.2 Å². The van der Waals surface area contributed by atoms with Gasteiger partial charge in [0.1, 0.15) is 0 Å². The number of pyridine rings is 1. The minimum Gasteiger partial charge on any atom is -0.420 e. The number of hydrogen-bond acceptors (Lipinski definition) is 2. The van der Waals surface area contributed by atoms with Gasteiger partial charge in [0.15, 0.2) is 5.75 Å². The summed E-state index contributed by atoms with van der Waals surface area (Å²) in [7, 11) is 0. The van der Waals surface area contributed by atoms with Gasteiger partial charge in [-0.25, -0.2) is 0 Å². The standard InChI is InChI=1S/C7H7FNO2/c1-6(10)11-7-3-2-4-9(8)5-7/h2-5H,1H3/q+1. The van der Waals surface area contributed by atoms with Gasteiger partial charge in [-0.15, -0.1) is 0 Å². The number of halogens is 1. The first-order chi connectivity index (χ1) is 5.18. The lowest BCUT2D eigenvalue weighted by Crippen LogP contribution is -2.20. The summed E-state index contributed by atoms with van der Waals surface area (Å²) in [4.78, 5) is 10.7. The molecule has 0 radical (unpaired) electrons. The van der Waals surface area contributed by atoms with Crippen LogP contribution >= 0.6 is 0 Å². The highest BCUT2D eigenvalue weighted by Crippen LogP contribution is 2.04. The quantitative estimate of drug-likeness (QED) is 0.558. The van der Waals surface area contributed by atoms with Crippen molar-refractivity contribution in [2.45, 2.75) is 6.92 Å². The number of hydrogen-bond donors (Lipinski definition) is 0. The van der Waals surface area contributed by atoms with E-state index in [1.54, 1.807) is 0 Å². The molecule has 1 heterocycles. The number of aromatic nitrogens is 1. The third kappa shape index (κ3) is 2.33. The van der Waals surface area contributed by atoms with Crippen molar-refractivity contribution in [3.63, 3.8) is 0 Å². The molecule has 4 heteroatoms. The molecule has 0 aliphatic rings. The van der Waals surface area contributed by atoms with E-state index in [0.717, 1.165) is 6.20 Å². The summed E-state index contributed by atoms with van der Waals surface area (Å²) in [5.74, 6) is -0.265. The molecule has 0 saturated heterocycles. The monoisotopic (exact) mass is 156 g/mol. The molecule has 0 unspecified atom stereocenters. The molecular weight excluding hydrogens is 149 g/mol. The van der Waals surface area contributed by atoms with E-state index in [0.29, 0.717) is 4.79 Å². The molecular formula is C7H7FNO2+. The van der Waals surface area contributed by atoms with Crippen molar-refractivity contribution < 1.29 is 18.8 Å². The molecule has 0 aliphatic carbocycles. The van der Waals surface area contributed by atoms with E-state index < -0.39 is 5.97 Å². The fraction of sp³-hybridized carbons (Fsp3) is 0.143. The maximum Gasteiger partial charge on any atom is 0.308 e. The Bertz CT molecular complexity index is 275. The summed E-state index contributed by atoms with van der Waals surface area (Å²) in [6, 6.07) is 2.94. The van der Waals surface area contributed by atoms with Crippen molar-refractivity contribution in [1.82, 2.24) is 0 Å². The van der Waals surface area contributed by atoms with Gasteiger partial charge in [-0.1, -0.05) is 0 Å². The second-order valence-electron chi connectivity index (χ2n) is 1.98. The minimum atomic E-state index is -0.462. The van der Waals surface area contributed by atoms with Crippen LogP contribution in [0.3, 0.4) is 0 Å². The van der Waals surface area contributed by atoms with Crippen LogP contribution in [0.15, 0.2) is 24.5 Å². The lowest BCUT2D eigenvalue weighted by Gasteiger charge is -1.94. The second kappa shape index (κ2) is 3.09. The first kappa shape index (κ1) is 7.65. The zero-order valence-electron chi connectivity index (χ0n) is 5.95. The molecule has 0 amide bonds. The van der Waals surface area contributed by atoms with Crippen molar-refractivity contribution in [2.75, 3.05) is 0 Å². The van der Waals surface area contributed by atoms with Crippen LogP contribution in [0.4, 0.5) is 4.48 Å². The molecule has 0 fully saturated rings. The van der Waals surface area contributed by atoms with Crippen LogP contribution in [0, 0.1) is 0 Å². The molecule has 1 aromatic rings. The van der Waals surface area contributed by atoms with Crippen molar-refractivity contribution in [3.05, 3.63) is 24.5 Å². The molecule has 1 aromatic heterocycles. The lowest BCUT2D eigenvalue weighted by atomic mass is 10.5. The zero-order chi connectivity index (χ0) is 8.27. The number of nitrogens with zero attached hydrogens (tertiary/aromatic N) is 1. The predicted molar refractivity (Wildman–Crippen MR) is 34.5 cm³/mol. The van der Waals surface area contributed by atoms with Gasteiger partial charge < -0.3 is 4.74 Å². The Morgan fingerprint density at radius 2 is 2.45 bits per heavy atom. The Balaban J connectivity index is 2.79. The van der Waals surface area contributed by atoms with Crippen LogP contribution in [0.5, 0.6) is 5.75 Å². The van der Waals surface area contributed by atoms with Crippen LogP contribution in [0.1, 0.15) is 6.92 Å². The van der Waals surface area contributed by atoms with Gasteiger partial charge >= 0.3 is 5.97 Å². The van der Waals surface area contributed by atoms with Crippen LogP contribution < -0.4 is 9.53 Å². The van der Waals surface area contributed by atoms with Crippen LogP contribution in [0.2, 0.25) is 0 Å². The Hall–Kier alpha value is -1.45. The number of rotatable bonds is 1. The third-order valence-electron chi connectivity index (χ3n) is 1.00. The number of carbonyl (C=O) groups is 1. The summed E-state index contributed by atoms with van der Waals surface area (Å²) in [6.07, 6.45) is 2.27. The van der Waals surface area contributed by atoms with Gasteiger partial charge in [0.05, 0.1) is 4.48 Å². The van der Waals surface area contributed by atoms with Crippen LogP contribution in [-0.2, 0) is 4.79 Å². The van der Waals surface area contributed by atoms with E-state index in [4.69, 9.17) is 0 Å². The van der Waals surface area contributed by atoms with Gasteiger partial charge in [-0.3, -0.25) is 4.79 Å². The average molecular weight is 156 g/mol. The van der Waals surface area contributed by atoms with Crippen molar-refractivity contribution in [2.24, 2.45) is 0 Å². The van der Waals surface area contributed by atoms with Crippen molar-refractivity contribution >= 4 is 5.97 Å². The SMILES string of the molecule is CC(=O)Oc1ccc[n+](F)c1. The molecule has 0 saturated carbocycles. The highest BCUT2D eigenvalue weighted by atomic mass is 19.2. The van der Waals surface area contributed by atoms with E-state index in [1.165, 1.54) is 25.3 Å². The zero-order valence-corrected chi connectivity index (χ0v) is 5.95. The van der Waals surface area contributed by atoms with Gasteiger partial charge in [-0.2, -0.15) is 0 Å². The summed E-state index contributed by atoms with van der Waals surface area (Å²) >= 11 is 0. The van der Waals surface area contributed by atoms with E-state index in [-0.39, 0.29) is 5.75 Å². The van der Waals surface area contributed by atoms with E-state index in [9.17, 15) is 9.28 Å². The fourth-order valence-electron chi connectivity index (χ4n) is 0.654. The highest BCUT2D eigenvalue weighted by molar-refractivity contribution is 5.68. The normalized spacial score (nSPS) is 9.27. The molecule has 0 atom stereocenters. The first-order valence-corrected chi connectivity index (χ1v) is 3.04. The molecule has 58 valence electrons. The first-order valence-electron chi connectivity index (χ1n) is 3.04. The van der Waals surface area contributed by atoms with E-state index in [2.05, 4.69) is 4.74 Å². The Labute approximate surface area is 63.0 Å². The van der Waals surface area contributed by atoms with Crippen LogP contribution in [-0.4, -0.2) is 5.97 Å². The van der Waals surface area contributed by atoms with E-state index >= 15 is 0 Å². The number of carbonyl (C=O) groups excluding carboxylic acids is 1. The Morgan fingerprint density at radius 3 is 3.00 bits per heavy atom. The maximum atomic E-state index is 12.3. The van der Waals surface area contributed by atoms with Crippen molar-refractivity contribution in [3.8, 4) is 5.75 Å². The minimum absolute atomic E-state index is 0.197. The molecule has 0 N–H and O–H groups in total. The molecule has 0 aliphatic heterocycles. The van der Waals surface area contributed by atoms with Gasteiger partial charge in [0.2, 0.25) is 6.20 Å². The number of esters is 1. The van der Waals surface area contributed by atoms with Crippen molar-refractivity contribution in [1.29, 1.82) is 0 Å². The largest absolute Gasteiger partial charge is 0.420 e. The molecule has 3 nitrogen and oxygen atoms in total. The molecule has 1 rings (SSSR count). The summed E-state index contributed by atoms with van der Waals surface area (Å²) in [5, 5.41) is 0. The summed E-state index contributed by atoms with van der Waals surface area (Å²) < 4.78 is 16.9. The molecule has 11 heavy (non-hydrogen) atoms. The Kier molecular flexibility index (Phi) is 2.15. The maximum absolute atomic E-state index is 12.3. The average Bonchev–Trinajstić information content (AvgIpc) is 1.85. The van der Waals surface area contributed by atoms with Gasteiger partial charge in [0.25, 0.3) is 6.20 Å². The third-order valence-corrected chi connectivity index (χ3v) is 1.00. The smallest absolute Gasteiger partial charge is 0.308 e. The highest BCUT2D eigenvalue weighted by Gasteiger charge is 2.03. The van der Waals surface area contributed by atoms with Gasteiger partial charge in [-0.05, 0) is 6.07 Å². The van der Waals surface area contributed by atoms with E-state index in [1.807, 2.05) is 0 Å². The van der Waals surface area contributed by atoms with Crippen LogP contribution in [0.25, 0.3) is 0 Å². The Morgan fingerprint density at radius 1 is 1.73 bits per heavy atom. The summed E-state index contributed by atoms with van der Waals surface area (Å²) in [5.41, 5.74) is 0. The fourth-order valence-corrected chi connectivity index (χ4v) is 0.654. The second-order valence-corrected chi connectivity index (χ2v) is 1.98. The summed E-state index contributed by atoms with van der Waals surface area (Å²) in [6.45, 7) is 1.26. The van der Waals surface area contributed by atoms with Gasteiger partial charge in [0, 0.05) is 17.8 Å². The molecule has 0 spiro atoms.